The number of aromatic nitrogens is 1. The van der Waals surface area contributed by atoms with Crippen LogP contribution in [0.3, 0.4) is 0 Å². The molecule has 0 aliphatic carbocycles. The summed E-state index contributed by atoms with van der Waals surface area (Å²) >= 11 is 1.59. The molecule has 0 amide bonds. The third-order valence-electron chi connectivity index (χ3n) is 1.85. The van der Waals surface area contributed by atoms with E-state index in [1.165, 1.54) is 0 Å². The van der Waals surface area contributed by atoms with Crippen LogP contribution in [0.2, 0.25) is 0 Å². The van der Waals surface area contributed by atoms with Crippen molar-refractivity contribution in [3.05, 3.63) is 16.1 Å². The van der Waals surface area contributed by atoms with Gasteiger partial charge in [0.05, 0.1) is 24.4 Å². The topological polar surface area (TPSA) is 72.5 Å². The zero-order chi connectivity index (χ0) is 11.1. The van der Waals surface area contributed by atoms with Gasteiger partial charge in [0.2, 0.25) is 0 Å². The van der Waals surface area contributed by atoms with E-state index in [1.807, 2.05) is 12.4 Å². The Labute approximate surface area is 93.4 Å². The molecule has 0 saturated heterocycles. The van der Waals surface area contributed by atoms with Crippen LogP contribution in [0.4, 0.5) is 0 Å². The van der Waals surface area contributed by atoms with Crippen LogP contribution in [-0.4, -0.2) is 31.2 Å². The molecule has 5 nitrogen and oxygen atoms in total. The molecule has 0 fully saturated rings. The third kappa shape index (κ3) is 4.26. The largest absolute Gasteiger partial charge is 0.383 e. The second-order valence-corrected chi connectivity index (χ2v) is 3.92. The Kier molecular flexibility index (Phi) is 5.06. The molecule has 0 saturated carbocycles. The molecule has 84 valence electrons. The van der Waals surface area contributed by atoms with E-state index in [0.29, 0.717) is 25.7 Å². The lowest BCUT2D eigenvalue weighted by Crippen LogP contribution is -2.34. The van der Waals surface area contributed by atoms with Gasteiger partial charge < -0.3 is 15.8 Å². The number of hydrogen-bond acceptors (Lipinski definition) is 4. The Hall–Kier alpha value is -1.14. The number of methoxy groups -OCH3 is 1. The third-order valence-corrected chi connectivity index (χ3v) is 2.77. The van der Waals surface area contributed by atoms with Crippen molar-refractivity contribution < 1.29 is 4.74 Å². The van der Waals surface area contributed by atoms with Gasteiger partial charge in [0.15, 0.2) is 5.96 Å². The number of thiazole rings is 1. The second-order valence-electron chi connectivity index (χ2n) is 2.98. The zero-order valence-corrected chi connectivity index (χ0v) is 9.80. The number of rotatable bonds is 5. The SMILES string of the molecule is COCCNC(N)=NCc1scnc1C. The van der Waals surface area contributed by atoms with E-state index in [9.17, 15) is 0 Å². The summed E-state index contributed by atoms with van der Waals surface area (Å²) in [6.45, 7) is 3.85. The minimum atomic E-state index is 0.444. The van der Waals surface area contributed by atoms with Crippen molar-refractivity contribution in [1.82, 2.24) is 10.3 Å². The molecule has 0 bridgehead atoms. The van der Waals surface area contributed by atoms with Crippen molar-refractivity contribution >= 4 is 17.3 Å². The molecule has 0 unspecified atom stereocenters. The molecule has 0 spiro atoms. The van der Waals surface area contributed by atoms with E-state index in [0.717, 1.165) is 10.6 Å². The fourth-order valence-electron chi connectivity index (χ4n) is 0.972. The number of aliphatic imine (C=N–C) groups is 1. The monoisotopic (exact) mass is 228 g/mol. The smallest absolute Gasteiger partial charge is 0.189 e. The standard InChI is InChI=1S/C9H16N4OS/c1-7-8(15-6-13-7)5-12-9(10)11-3-4-14-2/h6H,3-5H2,1-2H3,(H3,10,11,12). The van der Waals surface area contributed by atoms with Crippen LogP contribution in [0, 0.1) is 6.92 Å². The number of aryl methyl sites for hydroxylation is 1. The van der Waals surface area contributed by atoms with Crippen molar-refractivity contribution in [2.24, 2.45) is 10.7 Å². The van der Waals surface area contributed by atoms with Crippen LogP contribution in [0.5, 0.6) is 0 Å². The summed E-state index contributed by atoms with van der Waals surface area (Å²) in [4.78, 5) is 9.48. The van der Waals surface area contributed by atoms with Gasteiger partial charge in [-0.1, -0.05) is 0 Å². The van der Waals surface area contributed by atoms with Gasteiger partial charge in [-0.2, -0.15) is 0 Å². The van der Waals surface area contributed by atoms with Crippen molar-refractivity contribution in [2.45, 2.75) is 13.5 Å². The lowest BCUT2D eigenvalue weighted by atomic mass is 10.4. The molecule has 15 heavy (non-hydrogen) atoms. The minimum Gasteiger partial charge on any atom is -0.383 e. The van der Waals surface area contributed by atoms with Gasteiger partial charge in [0.25, 0.3) is 0 Å². The van der Waals surface area contributed by atoms with Crippen molar-refractivity contribution in [3.8, 4) is 0 Å². The highest BCUT2D eigenvalue weighted by Gasteiger charge is 1.99. The van der Waals surface area contributed by atoms with E-state index in [4.69, 9.17) is 10.5 Å². The van der Waals surface area contributed by atoms with E-state index in [2.05, 4.69) is 15.3 Å². The zero-order valence-electron chi connectivity index (χ0n) is 8.99. The Morgan fingerprint density at radius 3 is 3.13 bits per heavy atom. The van der Waals surface area contributed by atoms with Crippen molar-refractivity contribution in [1.29, 1.82) is 0 Å². The Bertz CT molecular complexity index is 324. The number of nitrogens with one attached hydrogen (secondary N) is 1. The van der Waals surface area contributed by atoms with Gasteiger partial charge >= 0.3 is 0 Å². The summed E-state index contributed by atoms with van der Waals surface area (Å²) in [5.41, 5.74) is 8.48. The maximum atomic E-state index is 5.65. The van der Waals surface area contributed by atoms with Crippen LogP contribution in [0.1, 0.15) is 10.6 Å². The van der Waals surface area contributed by atoms with Gasteiger partial charge in [-0.15, -0.1) is 11.3 Å². The van der Waals surface area contributed by atoms with Crippen molar-refractivity contribution in [2.75, 3.05) is 20.3 Å². The summed E-state index contributed by atoms with van der Waals surface area (Å²) in [5.74, 6) is 0.444. The fraction of sp³-hybridized carbons (Fsp3) is 0.556. The highest BCUT2D eigenvalue weighted by atomic mass is 32.1. The van der Waals surface area contributed by atoms with E-state index in [-0.39, 0.29) is 0 Å². The average molecular weight is 228 g/mol. The summed E-state index contributed by atoms with van der Waals surface area (Å²) in [5, 5.41) is 2.95. The molecule has 3 N–H and O–H groups in total. The van der Waals surface area contributed by atoms with E-state index in [1.54, 1.807) is 18.4 Å². The molecule has 1 aromatic heterocycles. The number of nitrogens with two attached hydrogens (primary N) is 1. The van der Waals surface area contributed by atoms with Crippen LogP contribution in [0.15, 0.2) is 10.5 Å². The molecular weight excluding hydrogens is 212 g/mol. The van der Waals surface area contributed by atoms with Crippen LogP contribution in [-0.2, 0) is 11.3 Å². The molecule has 1 rings (SSSR count). The maximum Gasteiger partial charge on any atom is 0.189 e. The summed E-state index contributed by atoms with van der Waals surface area (Å²) in [7, 11) is 1.65. The molecule has 6 heteroatoms. The molecule has 0 aromatic carbocycles. The predicted molar refractivity (Wildman–Crippen MR) is 62.1 cm³/mol. The quantitative estimate of drug-likeness (QED) is 0.437. The lowest BCUT2D eigenvalue weighted by molar-refractivity contribution is 0.204. The fourth-order valence-corrected chi connectivity index (χ4v) is 1.67. The average Bonchev–Trinajstić information content (AvgIpc) is 2.61. The van der Waals surface area contributed by atoms with E-state index < -0.39 is 0 Å². The normalized spacial score (nSPS) is 11.7. The molecule has 0 aliphatic rings. The molecule has 0 aliphatic heterocycles. The highest BCUT2D eigenvalue weighted by Crippen LogP contribution is 2.12. The van der Waals surface area contributed by atoms with Gasteiger partial charge in [-0.05, 0) is 6.92 Å². The predicted octanol–water partition coefficient (Wildman–Crippen LogP) is 0.502. The second kappa shape index (κ2) is 6.36. The first-order chi connectivity index (χ1) is 7.24. The first kappa shape index (κ1) is 11.9. The van der Waals surface area contributed by atoms with Crippen molar-refractivity contribution in [3.63, 3.8) is 0 Å². The number of ether oxygens (including phenoxy) is 1. The summed E-state index contributed by atoms with van der Waals surface area (Å²) in [6.07, 6.45) is 0. The lowest BCUT2D eigenvalue weighted by Gasteiger charge is -2.03. The summed E-state index contributed by atoms with van der Waals surface area (Å²) in [6, 6.07) is 0. The van der Waals surface area contributed by atoms with Gasteiger partial charge in [0.1, 0.15) is 0 Å². The Balaban J connectivity index is 2.34. The van der Waals surface area contributed by atoms with Crippen LogP contribution < -0.4 is 11.1 Å². The molecule has 1 aromatic rings. The Morgan fingerprint density at radius 1 is 1.73 bits per heavy atom. The van der Waals surface area contributed by atoms with Crippen LogP contribution >= 0.6 is 11.3 Å². The van der Waals surface area contributed by atoms with Gasteiger partial charge in [-0.25, -0.2) is 9.98 Å². The molecule has 0 radical (unpaired) electrons. The van der Waals surface area contributed by atoms with E-state index >= 15 is 0 Å². The first-order valence-corrected chi connectivity index (χ1v) is 5.53. The number of nitrogens with zero attached hydrogens (tertiary/aromatic N) is 2. The van der Waals surface area contributed by atoms with Crippen LogP contribution in [0.25, 0.3) is 0 Å². The molecular formula is C9H16N4OS. The Morgan fingerprint density at radius 2 is 2.53 bits per heavy atom. The summed E-state index contributed by atoms with van der Waals surface area (Å²) < 4.78 is 4.88. The van der Waals surface area contributed by atoms with Gasteiger partial charge in [0, 0.05) is 18.5 Å². The highest BCUT2D eigenvalue weighted by molar-refractivity contribution is 7.09. The maximum absolute atomic E-state index is 5.65. The van der Waals surface area contributed by atoms with Gasteiger partial charge in [-0.3, -0.25) is 0 Å². The number of hydrogen-bond donors (Lipinski definition) is 2. The minimum absolute atomic E-state index is 0.444. The molecule has 0 atom stereocenters. The molecule has 1 heterocycles. The first-order valence-electron chi connectivity index (χ1n) is 4.65. The number of guanidine groups is 1.